The number of hydrogen-bond acceptors (Lipinski definition) is 7. The highest BCUT2D eigenvalue weighted by Crippen LogP contribution is 2.29. The fourth-order valence-corrected chi connectivity index (χ4v) is 4.42. The number of nitrogens with one attached hydrogen (secondary N) is 4. The number of anilines is 2. The van der Waals surface area contributed by atoms with Crippen LogP contribution in [-0.2, 0) is 14.4 Å². The molecular weight excluding hydrogens is 422 g/mol. The van der Waals surface area contributed by atoms with Crippen LogP contribution < -0.4 is 21.3 Å². The van der Waals surface area contributed by atoms with Gasteiger partial charge in [-0.05, 0) is 44.6 Å². The molecule has 2 aromatic rings. The number of carbonyl (C=O) groups is 3. The van der Waals surface area contributed by atoms with Crippen molar-refractivity contribution in [2.24, 2.45) is 0 Å². The summed E-state index contributed by atoms with van der Waals surface area (Å²) in [4.78, 5) is 40.1. The Labute approximate surface area is 191 Å². The molecule has 0 atom stereocenters. The van der Waals surface area contributed by atoms with Crippen molar-refractivity contribution in [3.63, 3.8) is 0 Å². The van der Waals surface area contributed by atoms with Crippen LogP contribution in [0.4, 0.5) is 11.6 Å². The number of fused-ring (bicyclic) bond motifs is 1. The van der Waals surface area contributed by atoms with Crippen LogP contribution in [0.3, 0.4) is 0 Å². The highest BCUT2D eigenvalue weighted by atomic mass is 16.2. The van der Waals surface area contributed by atoms with E-state index in [0.29, 0.717) is 29.2 Å². The van der Waals surface area contributed by atoms with E-state index in [0.717, 1.165) is 50.2 Å². The second-order valence-corrected chi connectivity index (χ2v) is 9.12. The quantitative estimate of drug-likeness (QED) is 0.374. The summed E-state index contributed by atoms with van der Waals surface area (Å²) >= 11 is 0. The fraction of sp³-hybridized carbons (Fsp3) is 0.522. The summed E-state index contributed by atoms with van der Waals surface area (Å²) in [6, 6.07) is 2.93. The van der Waals surface area contributed by atoms with Crippen LogP contribution in [0.25, 0.3) is 11.7 Å². The third kappa shape index (κ3) is 4.84. The lowest BCUT2D eigenvalue weighted by atomic mass is 9.91. The standard InChI is InChI=1S/C23H29N7O3/c1-2-20(31)27-17-7-3-15(4-8-17)25-18-11-19(26-16-5-6-16)30-22(28-18)14(12-24-30)9-13-10-21(32)29-23(13)33/h9,11-12,15-17,26H,2-8,10H2,1H3,(H,25,28)(H,27,31)(H,29,32,33)/b13-9+. The monoisotopic (exact) mass is 451 g/mol. The molecule has 2 saturated carbocycles. The van der Waals surface area contributed by atoms with Crippen LogP contribution in [0.1, 0.15) is 63.9 Å². The van der Waals surface area contributed by atoms with E-state index in [1.54, 1.807) is 16.8 Å². The highest BCUT2D eigenvalue weighted by molar-refractivity contribution is 6.15. The lowest BCUT2D eigenvalue weighted by Crippen LogP contribution is -2.39. The molecule has 1 saturated heterocycles. The van der Waals surface area contributed by atoms with Crippen LogP contribution in [0.5, 0.6) is 0 Å². The van der Waals surface area contributed by atoms with Gasteiger partial charge in [-0.2, -0.15) is 9.61 Å². The number of carbonyl (C=O) groups excluding carboxylic acids is 3. The number of nitrogens with zero attached hydrogens (tertiary/aromatic N) is 3. The Hall–Kier alpha value is -3.43. The van der Waals surface area contributed by atoms with Gasteiger partial charge in [-0.3, -0.25) is 19.7 Å². The predicted molar refractivity (Wildman–Crippen MR) is 123 cm³/mol. The highest BCUT2D eigenvalue weighted by Gasteiger charge is 2.27. The smallest absolute Gasteiger partial charge is 0.254 e. The van der Waals surface area contributed by atoms with Crippen molar-refractivity contribution in [2.75, 3.05) is 10.6 Å². The molecule has 0 aromatic carbocycles. The van der Waals surface area contributed by atoms with Crippen molar-refractivity contribution in [1.29, 1.82) is 0 Å². The first kappa shape index (κ1) is 21.4. The van der Waals surface area contributed by atoms with Crippen LogP contribution in [0.15, 0.2) is 17.8 Å². The van der Waals surface area contributed by atoms with Crippen molar-refractivity contribution in [1.82, 2.24) is 25.2 Å². The van der Waals surface area contributed by atoms with Gasteiger partial charge in [-0.25, -0.2) is 4.98 Å². The zero-order valence-corrected chi connectivity index (χ0v) is 18.7. The lowest BCUT2D eigenvalue weighted by Gasteiger charge is -2.30. The molecule has 10 nitrogen and oxygen atoms in total. The van der Waals surface area contributed by atoms with Crippen molar-refractivity contribution in [3.05, 3.63) is 23.4 Å². The minimum Gasteiger partial charge on any atom is -0.367 e. The maximum absolute atomic E-state index is 12.0. The van der Waals surface area contributed by atoms with Crippen molar-refractivity contribution in [3.8, 4) is 0 Å². The minimum atomic E-state index is -0.364. The molecule has 0 radical (unpaired) electrons. The van der Waals surface area contributed by atoms with Gasteiger partial charge in [0.2, 0.25) is 11.8 Å². The van der Waals surface area contributed by atoms with Crippen LogP contribution in [0, 0.1) is 0 Å². The van der Waals surface area contributed by atoms with Gasteiger partial charge < -0.3 is 16.0 Å². The molecule has 1 aliphatic heterocycles. The molecule has 0 unspecified atom stereocenters. The van der Waals surface area contributed by atoms with E-state index in [4.69, 9.17) is 4.98 Å². The fourth-order valence-electron chi connectivity index (χ4n) is 4.42. The molecule has 5 rings (SSSR count). The Morgan fingerprint density at radius 3 is 2.48 bits per heavy atom. The van der Waals surface area contributed by atoms with Crippen LogP contribution >= 0.6 is 0 Å². The van der Waals surface area contributed by atoms with Gasteiger partial charge in [0.25, 0.3) is 5.91 Å². The topological polar surface area (TPSA) is 130 Å². The SMILES string of the molecule is CCC(=O)NC1CCC(Nc2cc(NC3CC3)n3ncc(/C=C4\CC(=O)NC4=O)c3n2)CC1. The van der Waals surface area contributed by atoms with E-state index in [1.165, 1.54) is 0 Å². The molecule has 33 heavy (non-hydrogen) atoms. The Morgan fingerprint density at radius 1 is 1.12 bits per heavy atom. The average Bonchev–Trinajstić information content (AvgIpc) is 3.43. The van der Waals surface area contributed by atoms with E-state index >= 15 is 0 Å². The van der Waals surface area contributed by atoms with E-state index in [1.807, 2.05) is 13.0 Å². The molecular formula is C23H29N7O3. The zero-order chi connectivity index (χ0) is 22.9. The van der Waals surface area contributed by atoms with Crippen LogP contribution in [-0.4, -0.2) is 50.4 Å². The third-order valence-corrected chi connectivity index (χ3v) is 6.42. The molecule has 2 aliphatic carbocycles. The van der Waals surface area contributed by atoms with E-state index in [9.17, 15) is 14.4 Å². The van der Waals surface area contributed by atoms with E-state index in [-0.39, 0.29) is 36.2 Å². The van der Waals surface area contributed by atoms with Crippen molar-refractivity contribution >= 4 is 41.1 Å². The van der Waals surface area contributed by atoms with Gasteiger partial charge in [-0.15, -0.1) is 0 Å². The molecule has 3 amide bonds. The van der Waals surface area contributed by atoms with Crippen molar-refractivity contribution < 1.29 is 14.4 Å². The van der Waals surface area contributed by atoms with Gasteiger partial charge in [-0.1, -0.05) is 6.92 Å². The molecule has 0 bridgehead atoms. The summed E-state index contributed by atoms with van der Waals surface area (Å²) in [6.07, 6.45) is 9.98. The molecule has 0 spiro atoms. The first-order valence-electron chi connectivity index (χ1n) is 11.7. The molecule has 4 N–H and O–H groups in total. The Morgan fingerprint density at radius 2 is 1.82 bits per heavy atom. The largest absolute Gasteiger partial charge is 0.367 e. The maximum atomic E-state index is 12.0. The number of rotatable bonds is 7. The summed E-state index contributed by atoms with van der Waals surface area (Å²) in [5, 5.41) is 17.0. The second kappa shape index (κ2) is 8.84. The zero-order valence-electron chi connectivity index (χ0n) is 18.7. The summed E-state index contributed by atoms with van der Waals surface area (Å²) in [5.41, 5.74) is 1.74. The average molecular weight is 452 g/mol. The van der Waals surface area contributed by atoms with Gasteiger partial charge in [0, 0.05) is 41.7 Å². The molecule has 2 aromatic heterocycles. The second-order valence-electron chi connectivity index (χ2n) is 9.12. The number of aromatic nitrogens is 3. The minimum absolute atomic E-state index is 0.0686. The van der Waals surface area contributed by atoms with Crippen LogP contribution in [0.2, 0.25) is 0 Å². The number of amides is 3. The van der Waals surface area contributed by atoms with Gasteiger partial charge in [0.15, 0.2) is 5.65 Å². The predicted octanol–water partition coefficient (Wildman–Crippen LogP) is 1.98. The summed E-state index contributed by atoms with van der Waals surface area (Å²) in [7, 11) is 0. The van der Waals surface area contributed by atoms with E-state index in [2.05, 4.69) is 26.4 Å². The summed E-state index contributed by atoms with van der Waals surface area (Å²) in [5.74, 6) is 1.05. The summed E-state index contributed by atoms with van der Waals surface area (Å²) < 4.78 is 1.75. The normalized spacial score (nSPS) is 24.2. The van der Waals surface area contributed by atoms with E-state index < -0.39 is 0 Å². The molecule has 174 valence electrons. The van der Waals surface area contributed by atoms with Gasteiger partial charge >= 0.3 is 0 Å². The van der Waals surface area contributed by atoms with Gasteiger partial charge in [0.05, 0.1) is 12.6 Å². The maximum Gasteiger partial charge on any atom is 0.254 e. The van der Waals surface area contributed by atoms with Gasteiger partial charge in [0.1, 0.15) is 11.6 Å². The lowest BCUT2D eigenvalue weighted by molar-refractivity contribution is -0.124. The first-order valence-corrected chi connectivity index (χ1v) is 11.7. The Balaban J connectivity index is 1.37. The summed E-state index contributed by atoms with van der Waals surface area (Å²) in [6.45, 7) is 1.87. The third-order valence-electron chi connectivity index (χ3n) is 6.42. The molecule has 3 heterocycles. The molecule has 3 aliphatic rings. The Bertz CT molecular complexity index is 1130. The number of hydrogen-bond donors (Lipinski definition) is 4. The van der Waals surface area contributed by atoms with Crippen molar-refractivity contribution in [2.45, 2.75) is 76.4 Å². The number of imide groups is 1. The molecule has 3 fully saturated rings. The first-order chi connectivity index (χ1) is 16.0. The molecule has 10 heteroatoms. The Kier molecular flexibility index (Phi) is 5.74.